The Morgan fingerprint density at radius 3 is 2.82 bits per heavy atom. The summed E-state index contributed by atoms with van der Waals surface area (Å²) in [6, 6.07) is 10.3. The van der Waals surface area contributed by atoms with Crippen LogP contribution in [0.2, 0.25) is 0 Å². The van der Waals surface area contributed by atoms with Crippen LogP contribution < -0.4 is 0 Å². The quantitative estimate of drug-likeness (QED) is 0.896. The van der Waals surface area contributed by atoms with E-state index in [9.17, 15) is 10.2 Å². The van der Waals surface area contributed by atoms with Gasteiger partial charge < -0.3 is 10.2 Å². The Labute approximate surface area is 130 Å². The van der Waals surface area contributed by atoms with Crippen molar-refractivity contribution in [3.63, 3.8) is 0 Å². The van der Waals surface area contributed by atoms with Gasteiger partial charge in [-0.25, -0.2) is 0 Å². The number of likely N-dealkylation sites (tertiary alicyclic amines) is 1. The van der Waals surface area contributed by atoms with Gasteiger partial charge in [-0.15, -0.1) is 0 Å². The number of aliphatic hydroxyl groups excluding tert-OH is 1. The van der Waals surface area contributed by atoms with E-state index in [1.165, 1.54) is 11.1 Å². The highest BCUT2D eigenvalue weighted by Gasteiger charge is 2.32. The van der Waals surface area contributed by atoms with Crippen molar-refractivity contribution in [1.29, 1.82) is 0 Å². The van der Waals surface area contributed by atoms with Crippen LogP contribution in [0.3, 0.4) is 0 Å². The predicted molar refractivity (Wildman–Crippen MR) is 85.2 cm³/mol. The summed E-state index contributed by atoms with van der Waals surface area (Å²) in [6.07, 6.45) is 3.38. The van der Waals surface area contributed by atoms with Crippen LogP contribution in [0, 0.1) is 0 Å². The molecule has 1 unspecified atom stereocenters. The van der Waals surface area contributed by atoms with Crippen LogP contribution in [-0.4, -0.2) is 50.2 Å². The molecule has 1 aliphatic rings. The standard InChI is InChI=1S/C17H23N3O2/c1-19-16(7-9-18-19)15-6-3-2-5-14(15)11-20-10-4-8-17(22,12-20)13-21/h2-3,5-7,9,21-22H,4,8,10-13H2,1H3. The Morgan fingerprint density at radius 2 is 2.09 bits per heavy atom. The Morgan fingerprint density at radius 1 is 1.27 bits per heavy atom. The Hall–Kier alpha value is -1.69. The van der Waals surface area contributed by atoms with Gasteiger partial charge >= 0.3 is 0 Å². The number of hydrogen-bond donors (Lipinski definition) is 2. The maximum Gasteiger partial charge on any atom is 0.100 e. The molecule has 0 radical (unpaired) electrons. The summed E-state index contributed by atoms with van der Waals surface area (Å²) < 4.78 is 1.87. The molecule has 3 rings (SSSR count). The molecule has 5 nitrogen and oxygen atoms in total. The third kappa shape index (κ3) is 3.06. The molecule has 2 N–H and O–H groups in total. The first-order valence-electron chi connectivity index (χ1n) is 7.73. The molecule has 118 valence electrons. The Bertz CT molecular complexity index is 640. The minimum atomic E-state index is -0.959. The van der Waals surface area contributed by atoms with E-state index in [-0.39, 0.29) is 6.61 Å². The summed E-state index contributed by atoms with van der Waals surface area (Å²) >= 11 is 0. The first-order valence-corrected chi connectivity index (χ1v) is 7.73. The predicted octanol–water partition coefficient (Wildman–Crippen LogP) is 1.41. The van der Waals surface area contributed by atoms with E-state index >= 15 is 0 Å². The van der Waals surface area contributed by atoms with Crippen molar-refractivity contribution in [2.24, 2.45) is 7.05 Å². The monoisotopic (exact) mass is 301 g/mol. The molecule has 5 heteroatoms. The Balaban J connectivity index is 1.83. The number of hydrogen-bond acceptors (Lipinski definition) is 4. The van der Waals surface area contributed by atoms with E-state index in [0.717, 1.165) is 25.2 Å². The van der Waals surface area contributed by atoms with Crippen molar-refractivity contribution in [3.8, 4) is 11.3 Å². The average Bonchev–Trinajstić information content (AvgIpc) is 2.94. The summed E-state index contributed by atoms with van der Waals surface area (Å²) in [5.74, 6) is 0. The van der Waals surface area contributed by atoms with E-state index in [1.807, 2.05) is 29.9 Å². The summed E-state index contributed by atoms with van der Waals surface area (Å²) in [4.78, 5) is 2.22. The zero-order chi connectivity index (χ0) is 15.6. The highest BCUT2D eigenvalue weighted by Crippen LogP contribution is 2.27. The van der Waals surface area contributed by atoms with E-state index in [1.54, 1.807) is 6.20 Å². The summed E-state index contributed by atoms with van der Waals surface area (Å²) in [6.45, 7) is 2.06. The van der Waals surface area contributed by atoms with Crippen LogP contribution in [0.4, 0.5) is 0 Å². The van der Waals surface area contributed by atoms with Crippen molar-refractivity contribution in [2.45, 2.75) is 25.0 Å². The molecular weight excluding hydrogens is 278 g/mol. The molecule has 1 aromatic heterocycles. The minimum Gasteiger partial charge on any atom is -0.393 e. The number of aromatic nitrogens is 2. The van der Waals surface area contributed by atoms with Crippen molar-refractivity contribution in [2.75, 3.05) is 19.7 Å². The number of piperidine rings is 1. The number of β-amino-alcohol motifs (C(OH)–C–C–N with tert-alkyl or cyclic N) is 1. The molecule has 1 atom stereocenters. The van der Waals surface area contributed by atoms with E-state index in [0.29, 0.717) is 13.0 Å². The molecule has 2 aromatic rings. The maximum atomic E-state index is 10.3. The Kier molecular flexibility index (Phi) is 4.29. The molecule has 1 saturated heterocycles. The molecule has 0 aliphatic carbocycles. The van der Waals surface area contributed by atoms with Gasteiger partial charge in [0.25, 0.3) is 0 Å². The van der Waals surface area contributed by atoms with Gasteiger partial charge in [0.15, 0.2) is 0 Å². The second-order valence-corrected chi connectivity index (χ2v) is 6.19. The third-order valence-electron chi connectivity index (χ3n) is 4.44. The lowest BCUT2D eigenvalue weighted by Gasteiger charge is -2.38. The van der Waals surface area contributed by atoms with E-state index in [2.05, 4.69) is 22.1 Å². The second-order valence-electron chi connectivity index (χ2n) is 6.19. The van der Waals surface area contributed by atoms with Crippen LogP contribution in [0.5, 0.6) is 0 Å². The van der Waals surface area contributed by atoms with Crippen molar-refractivity contribution >= 4 is 0 Å². The first-order chi connectivity index (χ1) is 10.6. The van der Waals surface area contributed by atoms with Gasteiger partial charge in [-0.3, -0.25) is 9.58 Å². The smallest absolute Gasteiger partial charge is 0.100 e. The first kappa shape index (κ1) is 15.2. The highest BCUT2D eigenvalue weighted by molar-refractivity contribution is 5.63. The number of aliphatic hydroxyl groups is 2. The highest BCUT2D eigenvalue weighted by atomic mass is 16.3. The number of benzene rings is 1. The second kappa shape index (κ2) is 6.20. The molecular formula is C17H23N3O2. The van der Waals surface area contributed by atoms with Gasteiger partial charge in [-0.05, 0) is 31.0 Å². The van der Waals surface area contributed by atoms with Crippen molar-refractivity contribution in [1.82, 2.24) is 14.7 Å². The number of nitrogens with zero attached hydrogens (tertiary/aromatic N) is 3. The SMILES string of the molecule is Cn1nccc1-c1ccccc1CN1CCCC(O)(CO)C1. The van der Waals surface area contributed by atoms with Crippen LogP contribution in [0.25, 0.3) is 11.3 Å². The summed E-state index contributed by atoms with van der Waals surface area (Å²) in [5, 5.41) is 24.0. The molecule has 22 heavy (non-hydrogen) atoms. The van der Waals surface area contributed by atoms with Gasteiger partial charge in [-0.1, -0.05) is 24.3 Å². The molecule has 0 bridgehead atoms. The van der Waals surface area contributed by atoms with Crippen molar-refractivity contribution in [3.05, 3.63) is 42.1 Å². The molecule has 1 fully saturated rings. The molecule has 0 amide bonds. The fraction of sp³-hybridized carbons (Fsp3) is 0.471. The molecule has 2 heterocycles. The fourth-order valence-corrected chi connectivity index (χ4v) is 3.26. The average molecular weight is 301 g/mol. The zero-order valence-electron chi connectivity index (χ0n) is 12.9. The van der Waals surface area contributed by atoms with E-state index in [4.69, 9.17) is 0 Å². The number of rotatable bonds is 4. The lowest BCUT2D eigenvalue weighted by molar-refractivity contribution is -0.0686. The van der Waals surface area contributed by atoms with Crippen LogP contribution in [0.15, 0.2) is 36.5 Å². The zero-order valence-corrected chi connectivity index (χ0v) is 12.9. The van der Waals surface area contributed by atoms with Crippen LogP contribution in [-0.2, 0) is 13.6 Å². The normalized spacial score (nSPS) is 22.9. The lowest BCUT2D eigenvalue weighted by Crippen LogP contribution is -2.50. The third-order valence-corrected chi connectivity index (χ3v) is 4.44. The van der Waals surface area contributed by atoms with Gasteiger partial charge in [0.1, 0.15) is 5.60 Å². The topological polar surface area (TPSA) is 61.5 Å². The molecule has 0 saturated carbocycles. The minimum absolute atomic E-state index is 0.174. The van der Waals surface area contributed by atoms with Crippen molar-refractivity contribution < 1.29 is 10.2 Å². The van der Waals surface area contributed by atoms with Crippen LogP contribution >= 0.6 is 0 Å². The lowest BCUT2D eigenvalue weighted by atomic mass is 9.93. The van der Waals surface area contributed by atoms with E-state index < -0.39 is 5.60 Å². The van der Waals surface area contributed by atoms with Crippen LogP contribution in [0.1, 0.15) is 18.4 Å². The van der Waals surface area contributed by atoms with Gasteiger partial charge in [0, 0.05) is 31.9 Å². The largest absolute Gasteiger partial charge is 0.393 e. The number of aryl methyl sites for hydroxylation is 1. The molecule has 0 spiro atoms. The summed E-state index contributed by atoms with van der Waals surface area (Å²) in [7, 11) is 1.94. The van der Waals surface area contributed by atoms with Gasteiger partial charge in [-0.2, -0.15) is 5.10 Å². The summed E-state index contributed by atoms with van der Waals surface area (Å²) in [5.41, 5.74) is 2.51. The van der Waals surface area contributed by atoms with Gasteiger partial charge in [0.2, 0.25) is 0 Å². The molecule has 1 aliphatic heterocycles. The maximum absolute atomic E-state index is 10.3. The van der Waals surface area contributed by atoms with Gasteiger partial charge in [0.05, 0.1) is 12.3 Å². The molecule has 1 aromatic carbocycles. The fourth-order valence-electron chi connectivity index (χ4n) is 3.26.